The molecule has 0 spiro atoms. The molecule has 2 N–H and O–H groups in total. The van der Waals surface area contributed by atoms with Gasteiger partial charge >= 0.3 is 0 Å². The van der Waals surface area contributed by atoms with Crippen LogP contribution in [0.1, 0.15) is 5.56 Å². The van der Waals surface area contributed by atoms with Crippen molar-refractivity contribution in [1.82, 2.24) is 10.9 Å². The first-order valence-electron chi connectivity index (χ1n) is 7.23. The van der Waals surface area contributed by atoms with E-state index >= 15 is 0 Å². The molecule has 0 aromatic heterocycles. The molecule has 1 heterocycles. The largest absolute Gasteiger partial charge is 0.485 e. The number of hydrogen-bond acceptors (Lipinski definition) is 4. The van der Waals surface area contributed by atoms with E-state index in [-0.39, 0.29) is 18.9 Å². The van der Waals surface area contributed by atoms with Crippen LogP contribution in [0, 0.1) is 0 Å². The summed E-state index contributed by atoms with van der Waals surface area (Å²) in [4.78, 5) is 23.8. The Bertz CT molecular complexity index is 703. The van der Waals surface area contributed by atoms with Gasteiger partial charge in [-0.05, 0) is 17.7 Å². The number of hydrogen-bond donors (Lipinski definition) is 2. The average molecular weight is 312 g/mol. The van der Waals surface area contributed by atoms with Crippen molar-refractivity contribution < 1.29 is 19.1 Å². The maximum Gasteiger partial charge on any atom is 0.283 e. The molecule has 1 aliphatic heterocycles. The lowest BCUT2D eigenvalue weighted by atomic mass is 10.1. The SMILES string of the molecule is O=C(Cc1ccccc1)NNC(=O)[C@H]1COc2ccccc2O1. The first-order valence-corrected chi connectivity index (χ1v) is 7.23. The molecule has 0 saturated carbocycles. The smallest absolute Gasteiger partial charge is 0.283 e. The molecule has 23 heavy (non-hydrogen) atoms. The van der Waals surface area contributed by atoms with E-state index in [1.165, 1.54) is 0 Å². The van der Waals surface area contributed by atoms with Crippen molar-refractivity contribution in [2.45, 2.75) is 12.5 Å². The first-order chi connectivity index (χ1) is 11.2. The van der Waals surface area contributed by atoms with Crippen molar-refractivity contribution in [3.8, 4) is 11.5 Å². The summed E-state index contributed by atoms with van der Waals surface area (Å²) in [7, 11) is 0. The maximum absolute atomic E-state index is 12.0. The molecule has 1 atom stereocenters. The van der Waals surface area contributed by atoms with E-state index in [1.807, 2.05) is 36.4 Å². The van der Waals surface area contributed by atoms with Gasteiger partial charge in [-0.15, -0.1) is 0 Å². The molecule has 118 valence electrons. The van der Waals surface area contributed by atoms with Gasteiger partial charge in [0.05, 0.1) is 6.42 Å². The summed E-state index contributed by atoms with van der Waals surface area (Å²) in [6.45, 7) is 0.0946. The summed E-state index contributed by atoms with van der Waals surface area (Å²) in [5, 5.41) is 0. The molecule has 6 nitrogen and oxygen atoms in total. The third-order valence-electron chi connectivity index (χ3n) is 3.33. The predicted octanol–water partition coefficient (Wildman–Crippen LogP) is 1.22. The highest BCUT2D eigenvalue weighted by molar-refractivity contribution is 5.86. The van der Waals surface area contributed by atoms with Crippen molar-refractivity contribution in [1.29, 1.82) is 0 Å². The molecule has 1 aliphatic rings. The predicted molar refractivity (Wildman–Crippen MR) is 82.8 cm³/mol. The van der Waals surface area contributed by atoms with Crippen molar-refractivity contribution in [2.75, 3.05) is 6.61 Å². The standard InChI is InChI=1S/C17H16N2O4/c20-16(10-12-6-2-1-3-7-12)18-19-17(21)15-11-22-13-8-4-5-9-14(13)23-15/h1-9,15H,10-11H2,(H,18,20)(H,19,21)/t15-/m1/s1. The molecule has 0 radical (unpaired) electrons. The van der Waals surface area contributed by atoms with Crippen LogP contribution < -0.4 is 20.3 Å². The molecule has 0 fully saturated rings. The van der Waals surface area contributed by atoms with Crippen LogP contribution in [0.4, 0.5) is 0 Å². The lowest BCUT2D eigenvalue weighted by molar-refractivity contribution is -0.134. The Morgan fingerprint density at radius 1 is 0.957 bits per heavy atom. The zero-order chi connectivity index (χ0) is 16.1. The Balaban J connectivity index is 1.49. The van der Waals surface area contributed by atoms with Gasteiger partial charge in [-0.3, -0.25) is 20.4 Å². The fourth-order valence-corrected chi connectivity index (χ4v) is 2.19. The number of amides is 2. The minimum atomic E-state index is -0.804. The first kappa shape index (κ1) is 14.9. The second kappa shape index (κ2) is 6.83. The highest BCUT2D eigenvalue weighted by Gasteiger charge is 2.27. The number of para-hydroxylation sites is 2. The molecule has 0 aliphatic carbocycles. The lowest BCUT2D eigenvalue weighted by Crippen LogP contribution is -2.51. The zero-order valence-corrected chi connectivity index (χ0v) is 12.3. The molecule has 2 amide bonds. The summed E-state index contributed by atoms with van der Waals surface area (Å²) in [6.07, 6.45) is -0.617. The number of fused-ring (bicyclic) bond motifs is 1. The van der Waals surface area contributed by atoms with E-state index in [9.17, 15) is 9.59 Å². The van der Waals surface area contributed by atoms with E-state index in [4.69, 9.17) is 9.47 Å². The van der Waals surface area contributed by atoms with E-state index in [0.717, 1.165) is 5.56 Å². The van der Waals surface area contributed by atoms with Gasteiger partial charge in [0.2, 0.25) is 12.0 Å². The molecule has 6 heteroatoms. The minimum Gasteiger partial charge on any atom is -0.485 e. The van der Waals surface area contributed by atoms with Gasteiger partial charge in [-0.25, -0.2) is 0 Å². The number of nitrogens with one attached hydrogen (secondary N) is 2. The third-order valence-corrected chi connectivity index (χ3v) is 3.33. The summed E-state index contributed by atoms with van der Waals surface area (Å²) < 4.78 is 11.0. The highest BCUT2D eigenvalue weighted by Crippen LogP contribution is 2.30. The van der Waals surface area contributed by atoms with E-state index in [0.29, 0.717) is 11.5 Å². The molecular formula is C17H16N2O4. The summed E-state index contributed by atoms with van der Waals surface area (Å²) in [5.74, 6) is 0.349. The van der Waals surface area contributed by atoms with Crippen LogP contribution in [0.15, 0.2) is 54.6 Å². The van der Waals surface area contributed by atoms with Crippen LogP contribution in [-0.4, -0.2) is 24.5 Å². The molecular weight excluding hydrogens is 296 g/mol. The Morgan fingerprint density at radius 3 is 2.43 bits per heavy atom. The second-order valence-electron chi connectivity index (χ2n) is 5.06. The topological polar surface area (TPSA) is 76.7 Å². The Morgan fingerprint density at radius 2 is 1.65 bits per heavy atom. The van der Waals surface area contributed by atoms with Crippen LogP contribution in [0.3, 0.4) is 0 Å². The van der Waals surface area contributed by atoms with Crippen molar-refractivity contribution in [2.24, 2.45) is 0 Å². The second-order valence-corrected chi connectivity index (χ2v) is 5.06. The summed E-state index contributed by atoms with van der Waals surface area (Å²) in [6, 6.07) is 16.4. The normalized spacial score (nSPS) is 15.6. The van der Waals surface area contributed by atoms with Gasteiger partial charge < -0.3 is 9.47 Å². The Labute approximate surface area is 133 Å². The quantitative estimate of drug-likeness (QED) is 0.836. The summed E-state index contributed by atoms with van der Waals surface area (Å²) >= 11 is 0. The number of benzene rings is 2. The van der Waals surface area contributed by atoms with E-state index in [1.54, 1.807) is 18.2 Å². The van der Waals surface area contributed by atoms with Crippen LogP contribution in [-0.2, 0) is 16.0 Å². The van der Waals surface area contributed by atoms with Crippen LogP contribution >= 0.6 is 0 Å². The van der Waals surface area contributed by atoms with Gasteiger partial charge in [0.25, 0.3) is 5.91 Å². The minimum absolute atomic E-state index is 0.0946. The number of carbonyl (C=O) groups is 2. The molecule has 0 saturated heterocycles. The fourth-order valence-electron chi connectivity index (χ4n) is 2.19. The van der Waals surface area contributed by atoms with Crippen molar-refractivity contribution >= 4 is 11.8 Å². The monoisotopic (exact) mass is 312 g/mol. The van der Waals surface area contributed by atoms with Crippen molar-refractivity contribution in [3.05, 3.63) is 60.2 Å². The molecule has 3 rings (SSSR count). The Kier molecular flexibility index (Phi) is 4.42. The molecule has 0 unspecified atom stereocenters. The third kappa shape index (κ3) is 3.79. The number of ether oxygens (including phenoxy) is 2. The number of rotatable bonds is 3. The average Bonchev–Trinajstić information content (AvgIpc) is 2.60. The fraction of sp³-hybridized carbons (Fsp3) is 0.176. The van der Waals surface area contributed by atoms with E-state index < -0.39 is 12.0 Å². The zero-order valence-electron chi connectivity index (χ0n) is 12.3. The van der Waals surface area contributed by atoms with Crippen LogP contribution in [0.25, 0.3) is 0 Å². The number of carbonyl (C=O) groups excluding carboxylic acids is 2. The van der Waals surface area contributed by atoms with E-state index in [2.05, 4.69) is 10.9 Å². The number of hydrazine groups is 1. The molecule has 0 bridgehead atoms. The Hall–Kier alpha value is -3.02. The van der Waals surface area contributed by atoms with Gasteiger partial charge in [0.15, 0.2) is 11.5 Å². The van der Waals surface area contributed by atoms with Gasteiger partial charge in [-0.2, -0.15) is 0 Å². The maximum atomic E-state index is 12.0. The van der Waals surface area contributed by atoms with Gasteiger partial charge in [0.1, 0.15) is 6.61 Å². The van der Waals surface area contributed by atoms with Gasteiger partial charge in [0, 0.05) is 0 Å². The lowest BCUT2D eigenvalue weighted by Gasteiger charge is -2.25. The van der Waals surface area contributed by atoms with Crippen LogP contribution in [0.2, 0.25) is 0 Å². The van der Waals surface area contributed by atoms with Crippen molar-refractivity contribution in [3.63, 3.8) is 0 Å². The summed E-state index contributed by atoms with van der Waals surface area (Å²) in [5.41, 5.74) is 5.60. The highest BCUT2D eigenvalue weighted by atomic mass is 16.6. The molecule has 2 aromatic rings. The van der Waals surface area contributed by atoms with Crippen LogP contribution in [0.5, 0.6) is 11.5 Å². The van der Waals surface area contributed by atoms with Gasteiger partial charge in [-0.1, -0.05) is 42.5 Å². The molecule has 2 aromatic carbocycles.